The van der Waals surface area contributed by atoms with Crippen molar-refractivity contribution in [3.8, 4) is 0 Å². The molecule has 0 spiro atoms. The van der Waals surface area contributed by atoms with Gasteiger partial charge >= 0.3 is 6.09 Å². The Hall–Kier alpha value is -1.73. The maximum atomic E-state index is 11.9. The third kappa shape index (κ3) is 6.43. The number of benzene rings is 2. The Balaban J connectivity index is 1.43. The number of amides is 1. The average molecular weight is 406 g/mol. The molecule has 1 N–H and O–H groups in total. The number of piperazine rings is 1. The molecule has 0 bridgehead atoms. The molecule has 1 heterocycles. The predicted molar refractivity (Wildman–Crippen MR) is 112 cm³/mol. The summed E-state index contributed by atoms with van der Waals surface area (Å²) in [6, 6.07) is 15.2. The van der Waals surface area contributed by atoms with Crippen LogP contribution in [0.15, 0.2) is 48.5 Å². The molecule has 3 rings (SSSR count). The van der Waals surface area contributed by atoms with Gasteiger partial charge in [-0.25, -0.2) is 9.10 Å². The molecule has 1 saturated heterocycles. The van der Waals surface area contributed by atoms with Gasteiger partial charge in [0.1, 0.15) is 6.61 Å². The number of carbonyl (C=O) groups is 1. The van der Waals surface area contributed by atoms with Crippen molar-refractivity contribution in [2.45, 2.75) is 13.2 Å². The zero-order valence-corrected chi connectivity index (χ0v) is 16.9. The van der Waals surface area contributed by atoms with E-state index in [2.05, 4.69) is 32.9 Å². The third-order valence-electron chi connectivity index (χ3n) is 4.48. The second-order valence-electron chi connectivity index (χ2n) is 6.41. The highest BCUT2D eigenvalue weighted by Gasteiger charge is 2.16. The molecular weight excluding hydrogens is 382 g/mol. The maximum Gasteiger partial charge on any atom is 0.411 e. The maximum absolute atomic E-state index is 11.9. The Labute approximate surface area is 169 Å². The lowest BCUT2D eigenvalue weighted by Gasteiger charge is -2.33. The fourth-order valence-electron chi connectivity index (χ4n) is 2.91. The van der Waals surface area contributed by atoms with Gasteiger partial charge in [0.05, 0.1) is 0 Å². The number of nitrogens with one attached hydrogen (secondary N) is 1. The van der Waals surface area contributed by atoms with Crippen LogP contribution in [0, 0.1) is 0 Å². The number of hydrogen-bond acceptors (Lipinski definition) is 5. The first kappa shape index (κ1) is 20.0. The van der Waals surface area contributed by atoms with Gasteiger partial charge in [-0.1, -0.05) is 47.8 Å². The predicted octanol–water partition coefficient (Wildman–Crippen LogP) is 4.48. The third-order valence-corrected chi connectivity index (χ3v) is 5.61. The van der Waals surface area contributed by atoms with Crippen molar-refractivity contribution in [1.29, 1.82) is 0 Å². The number of carbonyl (C=O) groups excluding carboxylic acids is 1. The molecule has 0 unspecified atom stereocenters. The summed E-state index contributed by atoms with van der Waals surface area (Å²) in [6.07, 6.45) is 1.66. The van der Waals surface area contributed by atoms with Gasteiger partial charge in [-0.15, -0.1) is 0 Å². The largest absolute Gasteiger partial charge is 0.444 e. The molecule has 1 aliphatic rings. The lowest BCUT2D eigenvalue weighted by molar-refractivity contribution is 0.155. The van der Waals surface area contributed by atoms with E-state index < -0.39 is 6.09 Å². The number of nitrogens with zero attached hydrogens (tertiary/aromatic N) is 2. The van der Waals surface area contributed by atoms with Crippen molar-refractivity contribution in [3.63, 3.8) is 0 Å². The molecule has 0 aliphatic carbocycles. The number of rotatable bonds is 6. The number of hydrogen-bond donors (Lipinski definition) is 1. The SMILES string of the molecule is CSN1CCN(Cc2ccc(NC(=O)OCc3ccc(Cl)cc3)cc2)CC1. The Morgan fingerprint density at radius 3 is 2.30 bits per heavy atom. The highest BCUT2D eigenvalue weighted by Crippen LogP contribution is 2.16. The molecule has 0 atom stereocenters. The van der Waals surface area contributed by atoms with E-state index in [0.717, 1.165) is 44.0 Å². The fourth-order valence-corrected chi connectivity index (χ4v) is 3.56. The van der Waals surface area contributed by atoms with Gasteiger partial charge in [-0.3, -0.25) is 10.2 Å². The van der Waals surface area contributed by atoms with Crippen molar-refractivity contribution in [3.05, 3.63) is 64.7 Å². The van der Waals surface area contributed by atoms with Crippen LogP contribution >= 0.6 is 23.5 Å². The van der Waals surface area contributed by atoms with E-state index >= 15 is 0 Å². The van der Waals surface area contributed by atoms with Crippen molar-refractivity contribution < 1.29 is 9.53 Å². The van der Waals surface area contributed by atoms with Crippen LogP contribution in [0.5, 0.6) is 0 Å². The van der Waals surface area contributed by atoms with Crippen molar-refractivity contribution in [2.24, 2.45) is 0 Å². The van der Waals surface area contributed by atoms with Gasteiger partial charge in [0, 0.05) is 43.4 Å². The van der Waals surface area contributed by atoms with Crippen molar-refractivity contribution >= 4 is 35.3 Å². The minimum absolute atomic E-state index is 0.211. The molecule has 1 fully saturated rings. The standard InChI is InChI=1S/C20H24ClN3O2S/c1-27-24-12-10-23(11-13-24)14-16-4-8-19(9-5-16)22-20(25)26-15-17-2-6-18(21)7-3-17/h2-9H,10-15H2,1H3,(H,22,25). The monoisotopic (exact) mass is 405 g/mol. The quantitative estimate of drug-likeness (QED) is 0.717. The van der Waals surface area contributed by atoms with Crippen LogP contribution in [0.25, 0.3) is 0 Å². The summed E-state index contributed by atoms with van der Waals surface area (Å²) in [6.45, 7) is 5.50. The van der Waals surface area contributed by atoms with Crippen molar-refractivity contribution in [2.75, 3.05) is 37.8 Å². The topological polar surface area (TPSA) is 44.8 Å². The molecule has 0 saturated carbocycles. The smallest absolute Gasteiger partial charge is 0.411 e. The molecule has 1 aliphatic heterocycles. The zero-order chi connectivity index (χ0) is 19.1. The molecule has 2 aromatic carbocycles. The van der Waals surface area contributed by atoms with E-state index in [0.29, 0.717) is 5.02 Å². The second-order valence-corrected chi connectivity index (χ2v) is 7.73. The van der Waals surface area contributed by atoms with Gasteiger partial charge in [0.15, 0.2) is 0 Å². The van der Waals surface area contributed by atoms with E-state index in [-0.39, 0.29) is 6.61 Å². The Kier molecular flexibility index (Phi) is 7.41. The first-order chi connectivity index (χ1) is 13.1. The molecule has 7 heteroatoms. The van der Waals surface area contributed by atoms with Crippen molar-refractivity contribution in [1.82, 2.24) is 9.21 Å². The summed E-state index contributed by atoms with van der Waals surface area (Å²) >= 11 is 7.66. The van der Waals surface area contributed by atoms with Gasteiger partial charge in [0.2, 0.25) is 0 Å². The first-order valence-electron chi connectivity index (χ1n) is 8.91. The van der Waals surface area contributed by atoms with E-state index in [4.69, 9.17) is 16.3 Å². The number of anilines is 1. The molecule has 1 amide bonds. The van der Waals surface area contributed by atoms with Crippen LogP contribution in [0.4, 0.5) is 10.5 Å². The van der Waals surface area contributed by atoms with Crippen LogP contribution in [0.2, 0.25) is 5.02 Å². The molecule has 27 heavy (non-hydrogen) atoms. The minimum atomic E-state index is -0.467. The Morgan fingerprint density at radius 2 is 1.67 bits per heavy atom. The molecule has 0 radical (unpaired) electrons. The summed E-state index contributed by atoms with van der Waals surface area (Å²) in [5.41, 5.74) is 2.87. The summed E-state index contributed by atoms with van der Waals surface area (Å²) in [5.74, 6) is 0. The minimum Gasteiger partial charge on any atom is -0.444 e. The lowest BCUT2D eigenvalue weighted by Crippen LogP contribution is -2.42. The lowest BCUT2D eigenvalue weighted by atomic mass is 10.2. The van der Waals surface area contributed by atoms with E-state index in [1.807, 2.05) is 36.2 Å². The van der Waals surface area contributed by atoms with Crippen LogP contribution in [-0.4, -0.2) is 47.7 Å². The first-order valence-corrected chi connectivity index (χ1v) is 10.5. The van der Waals surface area contributed by atoms with E-state index in [9.17, 15) is 4.79 Å². The van der Waals surface area contributed by atoms with Gasteiger partial charge in [-0.05, 0) is 41.6 Å². The van der Waals surface area contributed by atoms with Gasteiger partial charge in [-0.2, -0.15) is 0 Å². The summed E-state index contributed by atoms with van der Waals surface area (Å²) in [4.78, 5) is 14.4. The molecular formula is C20H24ClN3O2S. The number of halogens is 1. The van der Waals surface area contributed by atoms with Gasteiger partial charge in [0.25, 0.3) is 0 Å². The summed E-state index contributed by atoms with van der Waals surface area (Å²) in [7, 11) is 0. The molecule has 144 valence electrons. The second kappa shape index (κ2) is 9.99. The Morgan fingerprint density at radius 1 is 1.04 bits per heavy atom. The van der Waals surface area contributed by atoms with Crippen LogP contribution in [-0.2, 0) is 17.9 Å². The van der Waals surface area contributed by atoms with Crippen LogP contribution < -0.4 is 5.32 Å². The van der Waals surface area contributed by atoms with Crippen LogP contribution in [0.3, 0.4) is 0 Å². The fraction of sp³-hybridized carbons (Fsp3) is 0.350. The molecule has 0 aromatic heterocycles. The zero-order valence-electron chi connectivity index (χ0n) is 15.4. The average Bonchev–Trinajstić information content (AvgIpc) is 2.70. The highest BCUT2D eigenvalue weighted by atomic mass is 35.5. The molecule has 5 nitrogen and oxygen atoms in total. The number of ether oxygens (including phenoxy) is 1. The normalized spacial score (nSPS) is 15.5. The molecule has 2 aromatic rings. The van der Waals surface area contributed by atoms with E-state index in [1.54, 1.807) is 12.1 Å². The Bertz CT molecular complexity index is 732. The van der Waals surface area contributed by atoms with Crippen LogP contribution in [0.1, 0.15) is 11.1 Å². The van der Waals surface area contributed by atoms with Gasteiger partial charge < -0.3 is 4.74 Å². The summed E-state index contributed by atoms with van der Waals surface area (Å²) in [5, 5.41) is 3.42. The summed E-state index contributed by atoms with van der Waals surface area (Å²) < 4.78 is 7.62. The van der Waals surface area contributed by atoms with E-state index in [1.165, 1.54) is 5.56 Å². The highest BCUT2D eigenvalue weighted by molar-refractivity contribution is 7.96.